The van der Waals surface area contributed by atoms with Gasteiger partial charge in [-0.1, -0.05) is 11.6 Å². The SMILES string of the molecule is Nc1nc2ccc(Cl)cc2n1CCN1CCCC1. The van der Waals surface area contributed by atoms with Crippen molar-refractivity contribution < 1.29 is 0 Å². The number of rotatable bonds is 3. The molecular formula is C13H17ClN4. The standard InChI is InChI=1S/C13H17ClN4/c14-10-3-4-11-12(9-10)18(13(15)16-11)8-7-17-5-1-2-6-17/h3-4,9H,1-2,5-8H2,(H2,15,16). The first-order chi connectivity index (χ1) is 8.74. The van der Waals surface area contributed by atoms with Crippen molar-refractivity contribution >= 4 is 28.6 Å². The molecule has 0 atom stereocenters. The topological polar surface area (TPSA) is 47.1 Å². The van der Waals surface area contributed by atoms with Gasteiger partial charge in [0.25, 0.3) is 0 Å². The zero-order valence-corrected chi connectivity index (χ0v) is 11.0. The number of hydrogen-bond donors (Lipinski definition) is 1. The molecule has 3 rings (SSSR count). The summed E-state index contributed by atoms with van der Waals surface area (Å²) in [5.74, 6) is 0.575. The molecule has 1 fully saturated rings. The van der Waals surface area contributed by atoms with Crippen LogP contribution in [0.2, 0.25) is 5.02 Å². The fraction of sp³-hybridized carbons (Fsp3) is 0.462. The van der Waals surface area contributed by atoms with Crippen LogP contribution >= 0.6 is 11.6 Å². The van der Waals surface area contributed by atoms with Gasteiger partial charge >= 0.3 is 0 Å². The van der Waals surface area contributed by atoms with Gasteiger partial charge in [-0.3, -0.25) is 0 Å². The van der Waals surface area contributed by atoms with Gasteiger partial charge in [-0.2, -0.15) is 0 Å². The van der Waals surface area contributed by atoms with Crippen molar-refractivity contribution in [1.29, 1.82) is 0 Å². The molecule has 96 valence electrons. The van der Waals surface area contributed by atoms with Gasteiger partial charge in [0, 0.05) is 18.1 Å². The van der Waals surface area contributed by atoms with Crippen LogP contribution in [0.3, 0.4) is 0 Å². The van der Waals surface area contributed by atoms with Gasteiger partial charge in [-0.15, -0.1) is 0 Å². The predicted molar refractivity (Wildman–Crippen MR) is 74.8 cm³/mol. The third-order valence-corrected chi connectivity index (χ3v) is 3.81. The van der Waals surface area contributed by atoms with E-state index in [9.17, 15) is 0 Å². The van der Waals surface area contributed by atoms with Crippen LogP contribution in [0, 0.1) is 0 Å². The van der Waals surface area contributed by atoms with Crippen molar-refractivity contribution in [2.24, 2.45) is 0 Å². The number of aromatic nitrogens is 2. The van der Waals surface area contributed by atoms with Crippen LogP contribution in [0.4, 0.5) is 5.95 Å². The summed E-state index contributed by atoms with van der Waals surface area (Å²) in [5, 5.41) is 0.727. The molecule has 1 saturated heterocycles. The molecule has 1 aromatic carbocycles. The molecule has 0 unspecified atom stereocenters. The smallest absolute Gasteiger partial charge is 0.201 e. The van der Waals surface area contributed by atoms with Crippen LogP contribution in [0.1, 0.15) is 12.8 Å². The average Bonchev–Trinajstić information content (AvgIpc) is 2.94. The quantitative estimate of drug-likeness (QED) is 0.926. The third-order valence-electron chi connectivity index (χ3n) is 3.58. The first kappa shape index (κ1) is 11.8. The number of halogens is 1. The molecule has 2 N–H and O–H groups in total. The monoisotopic (exact) mass is 264 g/mol. The molecule has 0 radical (unpaired) electrons. The molecule has 5 heteroatoms. The van der Waals surface area contributed by atoms with Crippen LogP contribution in [-0.4, -0.2) is 34.1 Å². The van der Waals surface area contributed by atoms with Crippen molar-refractivity contribution in [2.75, 3.05) is 25.4 Å². The summed E-state index contributed by atoms with van der Waals surface area (Å²) in [5.41, 5.74) is 7.92. The number of likely N-dealkylation sites (tertiary alicyclic amines) is 1. The minimum Gasteiger partial charge on any atom is -0.369 e. The highest BCUT2D eigenvalue weighted by atomic mass is 35.5. The molecule has 0 spiro atoms. The lowest BCUT2D eigenvalue weighted by Crippen LogP contribution is -2.24. The lowest BCUT2D eigenvalue weighted by Gasteiger charge is -2.15. The number of nitrogens with zero attached hydrogens (tertiary/aromatic N) is 3. The summed E-state index contributed by atoms with van der Waals surface area (Å²) >= 11 is 6.03. The van der Waals surface area contributed by atoms with Gasteiger partial charge in [0.05, 0.1) is 11.0 Å². The van der Waals surface area contributed by atoms with Crippen molar-refractivity contribution in [1.82, 2.24) is 14.5 Å². The number of nitrogen functional groups attached to an aromatic ring is 1. The second-order valence-electron chi connectivity index (χ2n) is 4.80. The molecule has 1 aliphatic rings. The van der Waals surface area contributed by atoms with E-state index >= 15 is 0 Å². The van der Waals surface area contributed by atoms with E-state index in [1.165, 1.54) is 25.9 Å². The van der Waals surface area contributed by atoms with E-state index in [1.807, 2.05) is 18.2 Å². The highest BCUT2D eigenvalue weighted by molar-refractivity contribution is 6.31. The molecular weight excluding hydrogens is 248 g/mol. The number of anilines is 1. The van der Waals surface area contributed by atoms with Gasteiger partial charge in [0.2, 0.25) is 5.95 Å². The molecule has 4 nitrogen and oxygen atoms in total. The van der Waals surface area contributed by atoms with Gasteiger partial charge in [-0.25, -0.2) is 4.98 Å². The van der Waals surface area contributed by atoms with E-state index < -0.39 is 0 Å². The fourth-order valence-electron chi connectivity index (χ4n) is 2.60. The number of hydrogen-bond acceptors (Lipinski definition) is 3. The maximum atomic E-state index is 6.03. The van der Waals surface area contributed by atoms with Crippen LogP contribution in [0.15, 0.2) is 18.2 Å². The zero-order chi connectivity index (χ0) is 12.5. The second kappa shape index (κ2) is 4.78. The Labute approximate surface area is 111 Å². The number of nitrogens with two attached hydrogens (primary N) is 1. The van der Waals surface area contributed by atoms with Gasteiger partial charge < -0.3 is 15.2 Å². The Bertz CT molecular complexity index is 557. The Hall–Kier alpha value is -1.26. The van der Waals surface area contributed by atoms with Crippen LogP contribution in [0.25, 0.3) is 11.0 Å². The van der Waals surface area contributed by atoms with E-state index in [4.69, 9.17) is 17.3 Å². The summed E-state index contributed by atoms with van der Waals surface area (Å²) in [7, 11) is 0. The first-order valence-corrected chi connectivity index (χ1v) is 6.75. The second-order valence-corrected chi connectivity index (χ2v) is 5.24. The molecule has 18 heavy (non-hydrogen) atoms. The van der Waals surface area contributed by atoms with Crippen LogP contribution < -0.4 is 5.73 Å². The van der Waals surface area contributed by atoms with E-state index in [0.717, 1.165) is 29.1 Å². The number of benzene rings is 1. The summed E-state index contributed by atoms with van der Waals surface area (Å²) in [6, 6.07) is 5.70. The van der Waals surface area contributed by atoms with E-state index in [2.05, 4.69) is 14.5 Å². The van der Waals surface area contributed by atoms with Gasteiger partial charge in [0.1, 0.15) is 0 Å². The Kier molecular flexibility index (Phi) is 3.14. The predicted octanol–water partition coefficient (Wildman–Crippen LogP) is 2.37. The molecule has 1 aliphatic heterocycles. The Balaban J connectivity index is 1.85. The minimum atomic E-state index is 0.575. The van der Waals surface area contributed by atoms with Crippen molar-refractivity contribution in [3.63, 3.8) is 0 Å². The fourth-order valence-corrected chi connectivity index (χ4v) is 2.76. The van der Waals surface area contributed by atoms with Crippen molar-refractivity contribution in [3.8, 4) is 0 Å². The summed E-state index contributed by atoms with van der Waals surface area (Å²) in [4.78, 5) is 6.83. The highest BCUT2D eigenvalue weighted by Crippen LogP contribution is 2.22. The molecule has 1 aromatic heterocycles. The summed E-state index contributed by atoms with van der Waals surface area (Å²) < 4.78 is 2.06. The molecule has 2 aromatic rings. The molecule has 0 bridgehead atoms. The number of fused-ring (bicyclic) bond motifs is 1. The van der Waals surface area contributed by atoms with E-state index in [0.29, 0.717) is 5.95 Å². The molecule has 2 heterocycles. The van der Waals surface area contributed by atoms with Crippen LogP contribution in [0.5, 0.6) is 0 Å². The summed E-state index contributed by atoms with van der Waals surface area (Å²) in [6.07, 6.45) is 2.62. The first-order valence-electron chi connectivity index (χ1n) is 6.38. The van der Waals surface area contributed by atoms with Gasteiger partial charge in [-0.05, 0) is 44.1 Å². The van der Waals surface area contributed by atoms with E-state index in [1.54, 1.807) is 0 Å². The highest BCUT2D eigenvalue weighted by Gasteiger charge is 2.13. The third kappa shape index (κ3) is 2.18. The number of imidazole rings is 1. The maximum absolute atomic E-state index is 6.03. The maximum Gasteiger partial charge on any atom is 0.201 e. The summed E-state index contributed by atoms with van der Waals surface area (Å²) in [6.45, 7) is 4.31. The normalized spacial score (nSPS) is 16.7. The lowest BCUT2D eigenvalue weighted by atomic mass is 10.3. The lowest BCUT2D eigenvalue weighted by molar-refractivity contribution is 0.325. The minimum absolute atomic E-state index is 0.575. The largest absolute Gasteiger partial charge is 0.369 e. The Morgan fingerprint density at radius 1 is 1.22 bits per heavy atom. The molecule has 0 amide bonds. The molecule has 0 saturated carbocycles. The van der Waals surface area contributed by atoms with Crippen LogP contribution in [-0.2, 0) is 6.54 Å². The van der Waals surface area contributed by atoms with Gasteiger partial charge in [0.15, 0.2) is 0 Å². The Morgan fingerprint density at radius 2 is 2.00 bits per heavy atom. The molecule has 0 aliphatic carbocycles. The van der Waals surface area contributed by atoms with E-state index in [-0.39, 0.29) is 0 Å². The van der Waals surface area contributed by atoms with Crippen molar-refractivity contribution in [3.05, 3.63) is 23.2 Å². The van der Waals surface area contributed by atoms with Crippen molar-refractivity contribution in [2.45, 2.75) is 19.4 Å². The average molecular weight is 265 g/mol. The Morgan fingerprint density at radius 3 is 2.78 bits per heavy atom. The zero-order valence-electron chi connectivity index (χ0n) is 10.3.